The number of nitrogens with two attached hydrogens (primary N) is 2. The van der Waals surface area contributed by atoms with Gasteiger partial charge in [-0.05, 0) is 55.0 Å². The van der Waals surface area contributed by atoms with Crippen molar-refractivity contribution < 1.29 is 9.53 Å². The van der Waals surface area contributed by atoms with E-state index in [4.69, 9.17) is 16.2 Å². The van der Waals surface area contributed by atoms with Crippen LogP contribution in [-0.2, 0) is 0 Å². The predicted molar refractivity (Wildman–Crippen MR) is 112 cm³/mol. The lowest BCUT2D eigenvalue weighted by Crippen LogP contribution is -2.21. The Morgan fingerprint density at radius 2 is 1.68 bits per heavy atom. The number of hydrogen-bond acceptors (Lipinski definition) is 3. The topological polar surface area (TPSA) is 103 Å². The van der Waals surface area contributed by atoms with E-state index in [-0.39, 0.29) is 18.0 Å². The van der Waals surface area contributed by atoms with Gasteiger partial charge in [0, 0.05) is 11.3 Å². The van der Waals surface area contributed by atoms with Crippen molar-refractivity contribution in [3.8, 4) is 5.75 Å². The lowest BCUT2D eigenvalue weighted by Gasteiger charge is -2.15. The number of nitrogens with one attached hydrogen (secondary N) is 1. The maximum Gasteiger partial charge on any atom is 0.255 e. The number of carbonyl (C=O) groups is 1. The fourth-order valence-electron chi connectivity index (χ4n) is 2.68. The summed E-state index contributed by atoms with van der Waals surface area (Å²) < 4.78 is 5.95. The first kappa shape index (κ1) is 19.0. The van der Waals surface area contributed by atoms with Crippen molar-refractivity contribution in [3.63, 3.8) is 0 Å². The molecule has 1 atom stereocenters. The van der Waals surface area contributed by atoms with Gasteiger partial charge in [-0.2, -0.15) is 0 Å². The molecule has 0 aromatic heterocycles. The minimum atomic E-state index is -0.251. The SMILES string of the molecule is CC(Oc1ccc(NC(=O)c2cccc(N=C(N)N)c2)cc1)c1ccccc1. The van der Waals surface area contributed by atoms with Crippen molar-refractivity contribution >= 4 is 23.2 Å². The number of carbonyl (C=O) groups excluding carboxylic acids is 1. The normalized spacial score (nSPS) is 11.3. The maximum atomic E-state index is 12.4. The molecule has 0 radical (unpaired) electrons. The third-order valence-electron chi connectivity index (χ3n) is 4.06. The van der Waals surface area contributed by atoms with Gasteiger partial charge in [-0.3, -0.25) is 4.79 Å². The van der Waals surface area contributed by atoms with Crippen LogP contribution in [0.4, 0.5) is 11.4 Å². The van der Waals surface area contributed by atoms with Gasteiger partial charge in [0.25, 0.3) is 5.91 Å². The smallest absolute Gasteiger partial charge is 0.255 e. The number of anilines is 1. The minimum absolute atomic E-state index is 0.0575. The molecule has 0 spiro atoms. The van der Waals surface area contributed by atoms with Crippen LogP contribution in [0.1, 0.15) is 28.9 Å². The Balaban J connectivity index is 1.64. The first-order valence-electron chi connectivity index (χ1n) is 8.84. The van der Waals surface area contributed by atoms with E-state index in [0.29, 0.717) is 16.9 Å². The second kappa shape index (κ2) is 8.73. The van der Waals surface area contributed by atoms with Crippen LogP contribution >= 0.6 is 0 Å². The van der Waals surface area contributed by atoms with Crippen LogP contribution in [0.15, 0.2) is 83.9 Å². The zero-order valence-corrected chi connectivity index (χ0v) is 15.5. The Morgan fingerprint density at radius 1 is 0.964 bits per heavy atom. The van der Waals surface area contributed by atoms with Crippen molar-refractivity contribution in [2.45, 2.75) is 13.0 Å². The van der Waals surface area contributed by atoms with Gasteiger partial charge < -0.3 is 21.5 Å². The molecule has 0 heterocycles. The summed E-state index contributed by atoms with van der Waals surface area (Å²) >= 11 is 0. The largest absolute Gasteiger partial charge is 0.486 e. The fourth-order valence-corrected chi connectivity index (χ4v) is 2.68. The van der Waals surface area contributed by atoms with Crippen molar-refractivity contribution in [2.24, 2.45) is 16.5 Å². The molecular formula is C22H22N4O2. The van der Waals surface area contributed by atoms with Crippen LogP contribution in [0.25, 0.3) is 0 Å². The molecule has 5 N–H and O–H groups in total. The summed E-state index contributed by atoms with van der Waals surface area (Å²) in [5.74, 6) is 0.418. The van der Waals surface area contributed by atoms with E-state index in [1.165, 1.54) is 0 Å². The number of ether oxygens (including phenoxy) is 1. The van der Waals surface area contributed by atoms with E-state index in [9.17, 15) is 4.79 Å². The van der Waals surface area contributed by atoms with Gasteiger partial charge in [0.2, 0.25) is 0 Å². The van der Waals surface area contributed by atoms with Crippen LogP contribution in [0.2, 0.25) is 0 Å². The van der Waals surface area contributed by atoms with E-state index >= 15 is 0 Å². The molecule has 0 aliphatic heterocycles. The van der Waals surface area contributed by atoms with Gasteiger partial charge in [0.05, 0.1) is 5.69 Å². The monoisotopic (exact) mass is 374 g/mol. The molecule has 0 saturated heterocycles. The number of rotatable bonds is 6. The maximum absolute atomic E-state index is 12.4. The molecule has 3 rings (SSSR count). The van der Waals surface area contributed by atoms with E-state index in [1.54, 1.807) is 36.4 Å². The van der Waals surface area contributed by atoms with Gasteiger partial charge in [-0.15, -0.1) is 0 Å². The summed E-state index contributed by atoms with van der Waals surface area (Å²) in [7, 11) is 0. The van der Waals surface area contributed by atoms with Crippen LogP contribution in [0.3, 0.4) is 0 Å². The van der Waals surface area contributed by atoms with Gasteiger partial charge in [-0.1, -0.05) is 36.4 Å². The highest BCUT2D eigenvalue weighted by molar-refractivity contribution is 6.04. The molecule has 142 valence electrons. The number of benzene rings is 3. The third-order valence-corrected chi connectivity index (χ3v) is 4.06. The molecule has 1 unspecified atom stereocenters. The summed E-state index contributed by atoms with van der Waals surface area (Å²) in [5.41, 5.74) is 13.5. The lowest BCUT2D eigenvalue weighted by molar-refractivity contribution is 0.102. The fraction of sp³-hybridized carbons (Fsp3) is 0.0909. The van der Waals surface area contributed by atoms with Gasteiger partial charge in [0.1, 0.15) is 11.9 Å². The predicted octanol–water partition coefficient (Wildman–Crippen LogP) is 3.98. The highest BCUT2D eigenvalue weighted by Crippen LogP contribution is 2.23. The van der Waals surface area contributed by atoms with Gasteiger partial charge in [-0.25, -0.2) is 4.99 Å². The molecule has 6 heteroatoms. The molecule has 28 heavy (non-hydrogen) atoms. The van der Waals surface area contributed by atoms with E-state index in [0.717, 1.165) is 11.3 Å². The zero-order chi connectivity index (χ0) is 19.9. The van der Waals surface area contributed by atoms with Crippen LogP contribution < -0.4 is 21.5 Å². The summed E-state index contributed by atoms with van der Waals surface area (Å²) in [6.07, 6.45) is -0.0695. The quantitative estimate of drug-likeness (QED) is 0.448. The number of nitrogens with zero attached hydrogens (tertiary/aromatic N) is 1. The highest BCUT2D eigenvalue weighted by Gasteiger charge is 2.09. The Labute approximate surface area is 163 Å². The highest BCUT2D eigenvalue weighted by atomic mass is 16.5. The average Bonchev–Trinajstić information content (AvgIpc) is 2.70. The lowest BCUT2D eigenvalue weighted by atomic mass is 10.1. The molecule has 0 bridgehead atoms. The second-order valence-corrected chi connectivity index (χ2v) is 6.24. The second-order valence-electron chi connectivity index (χ2n) is 6.24. The Bertz CT molecular complexity index is 965. The van der Waals surface area contributed by atoms with Crippen LogP contribution in [0, 0.1) is 0 Å². The molecule has 6 nitrogen and oxygen atoms in total. The van der Waals surface area contributed by atoms with Crippen molar-refractivity contribution in [1.29, 1.82) is 0 Å². The first-order chi connectivity index (χ1) is 13.5. The Morgan fingerprint density at radius 3 is 2.36 bits per heavy atom. The van der Waals surface area contributed by atoms with Crippen molar-refractivity contribution in [1.82, 2.24) is 0 Å². The van der Waals surface area contributed by atoms with Gasteiger partial charge in [0.15, 0.2) is 5.96 Å². The molecule has 0 aliphatic rings. The average molecular weight is 374 g/mol. The number of aliphatic imine (C=N–C) groups is 1. The molecule has 3 aromatic carbocycles. The van der Waals surface area contributed by atoms with Crippen LogP contribution in [-0.4, -0.2) is 11.9 Å². The summed E-state index contributed by atoms with van der Waals surface area (Å²) in [4.78, 5) is 16.4. The molecule has 3 aromatic rings. The van der Waals surface area contributed by atoms with Crippen molar-refractivity contribution in [2.75, 3.05) is 5.32 Å². The van der Waals surface area contributed by atoms with E-state index in [1.807, 2.05) is 49.4 Å². The number of hydrogen-bond donors (Lipinski definition) is 3. The zero-order valence-electron chi connectivity index (χ0n) is 15.5. The number of guanidine groups is 1. The van der Waals surface area contributed by atoms with Gasteiger partial charge >= 0.3 is 0 Å². The summed E-state index contributed by atoms with van der Waals surface area (Å²) in [6.45, 7) is 1.99. The van der Waals surface area contributed by atoms with Crippen LogP contribution in [0.5, 0.6) is 5.75 Å². The standard InChI is InChI=1S/C22H22N4O2/c1-15(16-6-3-2-4-7-16)28-20-12-10-18(11-13-20)25-21(27)17-8-5-9-19(14-17)26-22(23)24/h2-15H,1H3,(H,25,27)(H4,23,24,26). The third kappa shape index (κ3) is 5.11. The molecular weight excluding hydrogens is 352 g/mol. The van der Waals surface area contributed by atoms with E-state index < -0.39 is 0 Å². The minimum Gasteiger partial charge on any atom is -0.486 e. The summed E-state index contributed by atoms with van der Waals surface area (Å²) in [5, 5.41) is 2.85. The van der Waals surface area contributed by atoms with Crippen molar-refractivity contribution in [3.05, 3.63) is 90.0 Å². The molecule has 0 aliphatic carbocycles. The Kier molecular flexibility index (Phi) is 5.91. The summed E-state index contributed by atoms with van der Waals surface area (Å²) in [6, 6.07) is 24.0. The first-order valence-corrected chi connectivity index (χ1v) is 8.84. The Hall–Kier alpha value is -3.80. The molecule has 1 amide bonds. The molecule has 0 saturated carbocycles. The number of amides is 1. The molecule has 0 fully saturated rings. The van der Waals surface area contributed by atoms with E-state index in [2.05, 4.69) is 10.3 Å².